The van der Waals surface area contributed by atoms with Gasteiger partial charge in [0.05, 0.1) is 24.6 Å². The van der Waals surface area contributed by atoms with Crippen molar-refractivity contribution in [2.24, 2.45) is 0 Å². The Morgan fingerprint density at radius 1 is 1.17 bits per heavy atom. The molecule has 1 aromatic rings. The van der Waals surface area contributed by atoms with Gasteiger partial charge in [-0.1, -0.05) is 35.2 Å². The normalized spacial score (nSPS) is 21.1. The van der Waals surface area contributed by atoms with Crippen molar-refractivity contribution in [3.05, 3.63) is 22.7 Å². The summed E-state index contributed by atoms with van der Waals surface area (Å²) in [5, 5.41) is 5.84. The highest BCUT2D eigenvalue weighted by molar-refractivity contribution is 9.10. The van der Waals surface area contributed by atoms with E-state index in [2.05, 4.69) is 31.5 Å². The number of halogens is 1. The van der Waals surface area contributed by atoms with Crippen LogP contribution in [0.5, 0.6) is 0 Å². The molecule has 1 saturated carbocycles. The fraction of sp³-hybridized carbons (Fsp3) is 0.571. The van der Waals surface area contributed by atoms with E-state index in [0.29, 0.717) is 31.7 Å². The van der Waals surface area contributed by atoms with Crippen LogP contribution < -0.4 is 15.5 Å². The van der Waals surface area contributed by atoms with Crippen LogP contribution in [0.4, 0.5) is 16.2 Å². The predicted molar refractivity (Wildman–Crippen MR) is 116 cm³/mol. The summed E-state index contributed by atoms with van der Waals surface area (Å²) in [6.07, 6.45) is 4.39. The first-order chi connectivity index (χ1) is 14.5. The van der Waals surface area contributed by atoms with Crippen LogP contribution in [0.1, 0.15) is 38.5 Å². The Morgan fingerprint density at radius 3 is 2.63 bits per heavy atom. The van der Waals surface area contributed by atoms with Crippen LogP contribution in [0.25, 0.3) is 0 Å². The summed E-state index contributed by atoms with van der Waals surface area (Å²) in [5.74, 6) is -0.413. The average molecular weight is 479 g/mol. The van der Waals surface area contributed by atoms with Crippen molar-refractivity contribution in [2.75, 3.05) is 43.1 Å². The van der Waals surface area contributed by atoms with E-state index in [9.17, 15) is 14.4 Å². The lowest BCUT2D eigenvalue weighted by Gasteiger charge is -2.31. The first kappa shape index (κ1) is 21.1. The number of benzene rings is 1. The summed E-state index contributed by atoms with van der Waals surface area (Å²) >= 11 is 3.46. The van der Waals surface area contributed by atoms with Gasteiger partial charge in [0, 0.05) is 30.5 Å². The number of carbonyl (C=O) groups excluding carboxylic acids is 3. The Bertz CT molecular complexity index is 834. The molecule has 2 aliphatic heterocycles. The van der Waals surface area contributed by atoms with E-state index in [1.807, 2.05) is 18.2 Å². The number of nitrogens with zero attached hydrogens (tertiary/aromatic N) is 2. The van der Waals surface area contributed by atoms with Crippen LogP contribution in [-0.2, 0) is 14.3 Å². The van der Waals surface area contributed by atoms with E-state index < -0.39 is 5.54 Å². The Hall–Kier alpha value is -2.13. The minimum Gasteiger partial charge on any atom is -0.378 e. The lowest BCUT2D eigenvalue weighted by atomic mass is 9.82. The van der Waals surface area contributed by atoms with Crippen LogP contribution >= 0.6 is 15.9 Å². The molecule has 0 atom stereocenters. The molecule has 4 amide bonds. The number of ether oxygens (including phenoxy) is 1. The minimum atomic E-state index is -0.750. The number of amides is 4. The summed E-state index contributed by atoms with van der Waals surface area (Å²) in [7, 11) is 0. The van der Waals surface area contributed by atoms with Gasteiger partial charge in [-0.15, -0.1) is 0 Å². The Kier molecular flexibility index (Phi) is 6.29. The van der Waals surface area contributed by atoms with Gasteiger partial charge in [0.1, 0.15) is 5.54 Å². The van der Waals surface area contributed by atoms with E-state index in [1.165, 1.54) is 4.90 Å². The van der Waals surface area contributed by atoms with Crippen LogP contribution in [0.15, 0.2) is 22.7 Å². The number of rotatable bonds is 5. The molecule has 30 heavy (non-hydrogen) atoms. The fourth-order valence-electron chi connectivity index (χ4n) is 4.49. The van der Waals surface area contributed by atoms with Crippen molar-refractivity contribution in [2.45, 2.75) is 44.1 Å². The molecular formula is C21H27BrN4O4. The number of nitrogens with one attached hydrogen (secondary N) is 2. The number of urea groups is 1. The molecule has 3 aliphatic rings. The highest BCUT2D eigenvalue weighted by atomic mass is 79.9. The molecule has 0 radical (unpaired) electrons. The summed E-state index contributed by atoms with van der Waals surface area (Å²) < 4.78 is 6.28. The number of anilines is 2. The monoisotopic (exact) mass is 478 g/mol. The number of hydrogen-bond acceptors (Lipinski definition) is 5. The molecule has 2 heterocycles. The van der Waals surface area contributed by atoms with Gasteiger partial charge in [-0.25, -0.2) is 4.79 Å². The van der Waals surface area contributed by atoms with Gasteiger partial charge < -0.3 is 20.3 Å². The second-order valence-corrected chi connectivity index (χ2v) is 9.00. The number of morpholine rings is 1. The quantitative estimate of drug-likeness (QED) is 0.634. The van der Waals surface area contributed by atoms with Crippen molar-refractivity contribution < 1.29 is 19.1 Å². The van der Waals surface area contributed by atoms with Crippen molar-refractivity contribution in [1.29, 1.82) is 0 Å². The second kappa shape index (κ2) is 8.93. The van der Waals surface area contributed by atoms with Crippen LogP contribution in [-0.4, -0.2) is 61.1 Å². The fourth-order valence-corrected chi connectivity index (χ4v) is 4.85. The lowest BCUT2D eigenvalue weighted by Crippen LogP contribution is -2.48. The zero-order chi connectivity index (χ0) is 21.1. The molecule has 2 saturated heterocycles. The zero-order valence-corrected chi connectivity index (χ0v) is 18.5. The third-order valence-corrected chi connectivity index (χ3v) is 6.59. The third-order valence-electron chi connectivity index (χ3n) is 6.10. The third kappa shape index (κ3) is 4.32. The number of hydrogen-bond donors (Lipinski definition) is 2. The Morgan fingerprint density at radius 2 is 1.90 bits per heavy atom. The average Bonchev–Trinajstić information content (AvgIpc) is 2.96. The van der Waals surface area contributed by atoms with Gasteiger partial charge in [0.2, 0.25) is 5.91 Å². The largest absolute Gasteiger partial charge is 0.378 e. The molecule has 162 valence electrons. The molecular weight excluding hydrogens is 452 g/mol. The first-order valence-corrected chi connectivity index (χ1v) is 11.3. The van der Waals surface area contributed by atoms with E-state index in [4.69, 9.17) is 4.74 Å². The van der Waals surface area contributed by atoms with Gasteiger partial charge >= 0.3 is 6.03 Å². The molecule has 8 nitrogen and oxygen atoms in total. The summed E-state index contributed by atoms with van der Waals surface area (Å²) in [5.41, 5.74) is 0.891. The molecule has 3 fully saturated rings. The van der Waals surface area contributed by atoms with E-state index in [-0.39, 0.29) is 30.8 Å². The van der Waals surface area contributed by atoms with E-state index in [1.54, 1.807) is 0 Å². The van der Waals surface area contributed by atoms with Crippen molar-refractivity contribution in [3.8, 4) is 0 Å². The molecule has 0 bridgehead atoms. The first-order valence-electron chi connectivity index (χ1n) is 10.5. The van der Waals surface area contributed by atoms with Crippen molar-refractivity contribution >= 4 is 45.2 Å². The summed E-state index contributed by atoms with van der Waals surface area (Å²) in [6, 6.07) is 5.39. The molecule has 1 aliphatic carbocycles. The van der Waals surface area contributed by atoms with Crippen molar-refractivity contribution in [1.82, 2.24) is 10.2 Å². The smallest absolute Gasteiger partial charge is 0.325 e. The highest BCUT2D eigenvalue weighted by Gasteiger charge is 2.51. The minimum absolute atomic E-state index is 0.0598. The van der Waals surface area contributed by atoms with Crippen molar-refractivity contribution in [3.63, 3.8) is 0 Å². The number of carbonyl (C=O) groups is 3. The predicted octanol–water partition coefficient (Wildman–Crippen LogP) is 2.87. The summed E-state index contributed by atoms with van der Waals surface area (Å²) in [6.45, 7) is 2.90. The van der Waals surface area contributed by atoms with Gasteiger partial charge in [-0.05, 0) is 31.0 Å². The van der Waals surface area contributed by atoms with Gasteiger partial charge in [-0.3, -0.25) is 14.5 Å². The second-order valence-electron chi connectivity index (χ2n) is 8.09. The van der Waals surface area contributed by atoms with Crippen LogP contribution in [0, 0.1) is 0 Å². The topological polar surface area (TPSA) is 91.0 Å². The van der Waals surface area contributed by atoms with Crippen LogP contribution in [0.2, 0.25) is 0 Å². The van der Waals surface area contributed by atoms with Crippen LogP contribution in [0.3, 0.4) is 0 Å². The zero-order valence-electron chi connectivity index (χ0n) is 16.9. The molecule has 0 unspecified atom stereocenters. The highest BCUT2D eigenvalue weighted by Crippen LogP contribution is 2.34. The SMILES string of the molecule is O=C(CCN1C(=O)NC2(CCCCC2)C1=O)Nc1cc(Br)ccc1N1CCOCC1. The van der Waals surface area contributed by atoms with Gasteiger partial charge in [-0.2, -0.15) is 0 Å². The maximum Gasteiger partial charge on any atom is 0.325 e. The number of imide groups is 1. The Balaban J connectivity index is 1.39. The van der Waals surface area contributed by atoms with E-state index >= 15 is 0 Å². The summed E-state index contributed by atoms with van der Waals surface area (Å²) in [4.78, 5) is 41.3. The van der Waals surface area contributed by atoms with Gasteiger partial charge in [0.15, 0.2) is 0 Å². The standard InChI is InChI=1S/C21H27BrN4O4/c22-15-4-5-17(25-10-12-30-13-11-25)16(14-15)23-18(27)6-9-26-19(28)21(24-20(26)29)7-2-1-3-8-21/h4-5,14H,1-3,6-13H2,(H,23,27)(H,24,29). The van der Waals surface area contributed by atoms with E-state index in [0.717, 1.165) is 42.5 Å². The molecule has 1 spiro atoms. The molecule has 0 aromatic heterocycles. The molecule has 2 N–H and O–H groups in total. The Labute approximate surface area is 184 Å². The molecule has 9 heteroatoms. The maximum atomic E-state index is 12.9. The maximum absolute atomic E-state index is 12.9. The molecule has 1 aromatic carbocycles. The van der Waals surface area contributed by atoms with Gasteiger partial charge in [0.25, 0.3) is 5.91 Å². The molecule has 4 rings (SSSR count). The lowest BCUT2D eigenvalue weighted by molar-refractivity contribution is -0.132.